The molecule has 1 N–H and O–H groups in total. The highest BCUT2D eigenvalue weighted by atomic mass is 32.1. The van der Waals surface area contributed by atoms with Crippen molar-refractivity contribution in [1.82, 2.24) is 9.88 Å². The molecule has 0 saturated carbocycles. The number of thiazole rings is 1. The SMILES string of the molecule is CN(Cc1cnc(-c2cccs2)s1)CC(C)(C)O. The molecule has 5 heteroatoms. The average molecular weight is 282 g/mol. The van der Waals surface area contributed by atoms with Crippen LogP contribution in [0, 0.1) is 0 Å². The first-order valence-corrected chi connectivity index (χ1v) is 7.53. The molecule has 0 radical (unpaired) electrons. The van der Waals surface area contributed by atoms with Gasteiger partial charge in [0.2, 0.25) is 0 Å². The lowest BCUT2D eigenvalue weighted by molar-refractivity contribution is 0.0427. The van der Waals surface area contributed by atoms with Gasteiger partial charge in [-0.25, -0.2) is 4.98 Å². The fraction of sp³-hybridized carbons (Fsp3) is 0.462. The summed E-state index contributed by atoms with van der Waals surface area (Å²) in [7, 11) is 2.02. The van der Waals surface area contributed by atoms with E-state index in [4.69, 9.17) is 0 Å². The van der Waals surface area contributed by atoms with Crippen LogP contribution >= 0.6 is 22.7 Å². The second-order valence-electron chi connectivity index (χ2n) is 5.09. The third kappa shape index (κ3) is 3.88. The average Bonchev–Trinajstić information content (AvgIpc) is 2.82. The minimum Gasteiger partial charge on any atom is -0.389 e. The van der Waals surface area contributed by atoms with E-state index in [0.29, 0.717) is 6.54 Å². The van der Waals surface area contributed by atoms with Crippen molar-refractivity contribution in [2.24, 2.45) is 0 Å². The molecule has 2 rings (SSSR count). The fourth-order valence-electron chi connectivity index (χ4n) is 1.88. The Bertz CT molecular complexity index is 485. The van der Waals surface area contributed by atoms with E-state index in [1.807, 2.05) is 33.2 Å². The van der Waals surface area contributed by atoms with Crippen LogP contribution in [-0.2, 0) is 6.54 Å². The van der Waals surface area contributed by atoms with Gasteiger partial charge in [-0.1, -0.05) is 6.07 Å². The smallest absolute Gasteiger partial charge is 0.133 e. The topological polar surface area (TPSA) is 36.4 Å². The molecule has 98 valence electrons. The maximum absolute atomic E-state index is 9.77. The lowest BCUT2D eigenvalue weighted by atomic mass is 10.1. The van der Waals surface area contributed by atoms with Crippen LogP contribution < -0.4 is 0 Å². The third-order valence-electron chi connectivity index (χ3n) is 2.37. The Morgan fingerprint density at radius 3 is 2.83 bits per heavy atom. The van der Waals surface area contributed by atoms with Gasteiger partial charge in [0.1, 0.15) is 5.01 Å². The Kier molecular flexibility index (Phi) is 4.17. The van der Waals surface area contributed by atoms with E-state index in [1.54, 1.807) is 22.7 Å². The predicted molar refractivity (Wildman–Crippen MR) is 78.1 cm³/mol. The zero-order chi connectivity index (χ0) is 13.2. The Morgan fingerprint density at radius 1 is 1.44 bits per heavy atom. The van der Waals surface area contributed by atoms with Crippen LogP contribution in [0.5, 0.6) is 0 Å². The summed E-state index contributed by atoms with van der Waals surface area (Å²) in [5.41, 5.74) is -0.657. The zero-order valence-corrected chi connectivity index (χ0v) is 12.5. The number of rotatable bonds is 5. The molecule has 0 unspecified atom stereocenters. The van der Waals surface area contributed by atoms with Crippen LogP contribution in [0.4, 0.5) is 0 Å². The van der Waals surface area contributed by atoms with Crippen LogP contribution in [0.15, 0.2) is 23.7 Å². The molecule has 0 fully saturated rings. The third-order valence-corrected chi connectivity index (χ3v) is 4.39. The fourth-order valence-corrected chi connectivity index (χ4v) is 3.67. The largest absolute Gasteiger partial charge is 0.389 e. The van der Waals surface area contributed by atoms with Crippen LogP contribution in [0.25, 0.3) is 9.88 Å². The van der Waals surface area contributed by atoms with E-state index < -0.39 is 5.60 Å². The van der Waals surface area contributed by atoms with Gasteiger partial charge >= 0.3 is 0 Å². The zero-order valence-electron chi connectivity index (χ0n) is 10.9. The minimum atomic E-state index is -0.657. The summed E-state index contributed by atoms with van der Waals surface area (Å²) >= 11 is 3.43. The lowest BCUT2D eigenvalue weighted by Crippen LogP contribution is -2.35. The molecule has 0 aliphatic rings. The van der Waals surface area contributed by atoms with Crippen LogP contribution in [-0.4, -0.2) is 34.2 Å². The Labute approximate surface area is 116 Å². The van der Waals surface area contributed by atoms with Gasteiger partial charge < -0.3 is 5.11 Å². The number of likely N-dealkylation sites (N-methyl/N-ethyl adjacent to an activating group) is 1. The molecule has 0 amide bonds. The standard InChI is InChI=1S/C13H18N2OS2/c1-13(2,16)9-15(3)8-10-7-14-12(18-10)11-5-4-6-17-11/h4-7,16H,8-9H2,1-3H3. The van der Waals surface area contributed by atoms with Crippen LogP contribution in [0.3, 0.4) is 0 Å². The molecule has 2 aromatic rings. The molecule has 0 saturated heterocycles. The minimum absolute atomic E-state index is 0.652. The highest BCUT2D eigenvalue weighted by Crippen LogP contribution is 2.29. The summed E-state index contributed by atoms with van der Waals surface area (Å²) in [5.74, 6) is 0. The Balaban J connectivity index is 1.99. The number of nitrogens with zero attached hydrogens (tertiary/aromatic N) is 2. The van der Waals surface area contributed by atoms with Gasteiger partial charge in [-0.05, 0) is 32.3 Å². The maximum Gasteiger partial charge on any atom is 0.133 e. The monoisotopic (exact) mass is 282 g/mol. The van der Waals surface area contributed by atoms with Gasteiger partial charge in [0.05, 0.1) is 10.5 Å². The summed E-state index contributed by atoms with van der Waals surface area (Å²) in [6.07, 6.45) is 1.93. The summed E-state index contributed by atoms with van der Waals surface area (Å²) < 4.78 is 0. The van der Waals surface area contributed by atoms with Crippen molar-refractivity contribution in [1.29, 1.82) is 0 Å². The summed E-state index contributed by atoms with van der Waals surface area (Å²) in [5, 5.41) is 12.9. The van der Waals surface area contributed by atoms with Crippen LogP contribution in [0.1, 0.15) is 18.7 Å². The van der Waals surface area contributed by atoms with E-state index in [-0.39, 0.29) is 0 Å². The first-order valence-electron chi connectivity index (χ1n) is 5.83. The number of aromatic nitrogens is 1. The van der Waals surface area contributed by atoms with Gasteiger partial charge in [0.15, 0.2) is 0 Å². The molecule has 0 atom stereocenters. The van der Waals surface area contributed by atoms with E-state index in [0.717, 1.165) is 11.6 Å². The highest BCUT2D eigenvalue weighted by molar-refractivity contribution is 7.20. The van der Waals surface area contributed by atoms with Gasteiger partial charge in [-0.3, -0.25) is 4.90 Å². The second kappa shape index (κ2) is 5.48. The predicted octanol–water partition coefficient (Wildman–Crippen LogP) is 3.07. The number of hydrogen-bond donors (Lipinski definition) is 1. The van der Waals surface area contributed by atoms with Crippen molar-refractivity contribution in [3.8, 4) is 9.88 Å². The molecular formula is C13H18N2OS2. The molecule has 0 aromatic carbocycles. The van der Waals surface area contributed by atoms with E-state index in [1.165, 1.54) is 9.75 Å². The Morgan fingerprint density at radius 2 is 2.22 bits per heavy atom. The molecule has 0 aliphatic heterocycles. The Hall–Kier alpha value is -0.750. The van der Waals surface area contributed by atoms with Gasteiger partial charge in [-0.15, -0.1) is 22.7 Å². The second-order valence-corrected chi connectivity index (χ2v) is 7.16. The molecule has 2 aromatic heterocycles. The van der Waals surface area contributed by atoms with Crippen molar-refractivity contribution < 1.29 is 5.11 Å². The van der Waals surface area contributed by atoms with Crippen molar-refractivity contribution >= 4 is 22.7 Å². The summed E-state index contributed by atoms with van der Waals surface area (Å²) in [4.78, 5) is 9.01. The quantitative estimate of drug-likeness (QED) is 0.915. The summed E-state index contributed by atoms with van der Waals surface area (Å²) in [6, 6.07) is 4.13. The van der Waals surface area contributed by atoms with E-state index >= 15 is 0 Å². The van der Waals surface area contributed by atoms with Crippen molar-refractivity contribution in [2.75, 3.05) is 13.6 Å². The van der Waals surface area contributed by atoms with Crippen molar-refractivity contribution in [2.45, 2.75) is 26.0 Å². The molecule has 2 heterocycles. The lowest BCUT2D eigenvalue weighted by Gasteiger charge is -2.24. The maximum atomic E-state index is 9.77. The van der Waals surface area contributed by atoms with E-state index in [2.05, 4.69) is 21.3 Å². The van der Waals surface area contributed by atoms with Crippen LogP contribution in [0.2, 0.25) is 0 Å². The van der Waals surface area contributed by atoms with Crippen molar-refractivity contribution in [3.05, 3.63) is 28.6 Å². The molecular weight excluding hydrogens is 264 g/mol. The van der Waals surface area contributed by atoms with Gasteiger partial charge in [0.25, 0.3) is 0 Å². The molecule has 0 spiro atoms. The number of thiophene rings is 1. The molecule has 18 heavy (non-hydrogen) atoms. The van der Waals surface area contributed by atoms with E-state index in [9.17, 15) is 5.11 Å². The first kappa shape index (κ1) is 13.7. The normalized spacial score (nSPS) is 12.3. The highest BCUT2D eigenvalue weighted by Gasteiger charge is 2.16. The number of aliphatic hydroxyl groups is 1. The number of hydrogen-bond acceptors (Lipinski definition) is 5. The molecule has 3 nitrogen and oxygen atoms in total. The van der Waals surface area contributed by atoms with Crippen molar-refractivity contribution in [3.63, 3.8) is 0 Å². The summed E-state index contributed by atoms with van der Waals surface area (Å²) in [6.45, 7) is 5.13. The van der Waals surface area contributed by atoms with Gasteiger partial charge in [-0.2, -0.15) is 0 Å². The molecule has 0 aliphatic carbocycles. The first-order chi connectivity index (χ1) is 8.44. The van der Waals surface area contributed by atoms with Gasteiger partial charge in [0, 0.05) is 24.2 Å². The molecule has 0 bridgehead atoms.